The number of alkyl halides is 2. The number of anilines is 1. The zero-order chi connectivity index (χ0) is 20.4. The minimum Gasteiger partial charge on any atom is -0.486 e. The molecule has 1 aromatic carbocycles. The van der Waals surface area contributed by atoms with E-state index in [0.717, 1.165) is 24.0 Å². The van der Waals surface area contributed by atoms with E-state index in [4.69, 9.17) is 4.74 Å². The van der Waals surface area contributed by atoms with Crippen molar-refractivity contribution in [3.05, 3.63) is 48.4 Å². The number of nitrogens with one attached hydrogen (secondary N) is 1. The van der Waals surface area contributed by atoms with Crippen molar-refractivity contribution >= 4 is 11.7 Å². The average Bonchev–Trinajstić information content (AvgIpc) is 2.62. The number of aromatic nitrogens is 1. The summed E-state index contributed by atoms with van der Waals surface area (Å²) in [6.07, 6.45) is 2.26. The Morgan fingerprint density at radius 1 is 1.17 bits per heavy atom. The summed E-state index contributed by atoms with van der Waals surface area (Å²) in [6, 6.07) is 8.88. The fourth-order valence-corrected chi connectivity index (χ4v) is 3.44. The van der Waals surface area contributed by atoms with Gasteiger partial charge in [0.1, 0.15) is 17.7 Å². The lowest BCUT2D eigenvalue weighted by Gasteiger charge is -2.42. The highest BCUT2D eigenvalue weighted by atomic mass is 19.3. The van der Waals surface area contributed by atoms with Crippen LogP contribution in [0.3, 0.4) is 0 Å². The Balaban J connectivity index is 1.23. The van der Waals surface area contributed by atoms with Crippen LogP contribution < -0.4 is 19.7 Å². The van der Waals surface area contributed by atoms with Gasteiger partial charge in [-0.25, -0.2) is 9.37 Å². The molecule has 0 spiro atoms. The van der Waals surface area contributed by atoms with Crippen molar-refractivity contribution in [1.29, 1.82) is 0 Å². The first kappa shape index (κ1) is 19.4. The highest BCUT2D eigenvalue weighted by molar-refractivity contribution is 5.80. The van der Waals surface area contributed by atoms with Gasteiger partial charge in [0.2, 0.25) is 5.91 Å². The van der Waals surface area contributed by atoms with Crippen LogP contribution in [0.4, 0.5) is 19.0 Å². The Labute approximate surface area is 165 Å². The molecule has 1 amide bonds. The normalized spacial score (nSPS) is 21.3. The van der Waals surface area contributed by atoms with E-state index in [1.165, 1.54) is 0 Å². The predicted octanol–water partition coefficient (Wildman–Crippen LogP) is 2.98. The molecule has 2 fully saturated rings. The van der Waals surface area contributed by atoms with Gasteiger partial charge < -0.3 is 19.7 Å². The summed E-state index contributed by atoms with van der Waals surface area (Å²) in [4.78, 5) is 18.7. The largest absolute Gasteiger partial charge is 0.486 e. The van der Waals surface area contributed by atoms with Crippen LogP contribution in [-0.4, -0.2) is 42.7 Å². The molecule has 0 radical (unpaired) electrons. The van der Waals surface area contributed by atoms with E-state index in [0.29, 0.717) is 25.9 Å². The van der Waals surface area contributed by atoms with E-state index in [2.05, 4.69) is 19.9 Å². The number of ether oxygens (including phenoxy) is 2. The maximum Gasteiger partial charge on any atom is 0.387 e. The highest BCUT2D eigenvalue weighted by Crippen LogP contribution is 2.36. The molecule has 1 saturated carbocycles. The van der Waals surface area contributed by atoms with Gasteiger partial charge >= 0.3 is 6.61 Å². The molecule has 0 unspecified atom stereocenters. The summed E-state index contributed by atoms with van der Waals surface area (Å²) >= 11 is 0. The standard InChI is InChI=1S/C20H20F3N3O3/c21-13-4-5-16(29-20(22)23)17(9-13)28-15-7-12(8-15)19(27)25-14-10-26(11-14)18-3-1-2-6-24-18/h1-6,9,12,14-15,20H,7-8,10-11H2,(H,25,27). The van der Waals surface area contributed by atoms with Crippen molar-refractivity contribution < 1.29 is 27.4 Å². The Morgan fingerprint density at radius 3 is 2.66 bits per heavy atom. The van der Waals surface area contributed by atoms with E-state index in [1.54, 1.807) is 6.20 Å². The third-order valence-electron chi connectivity index (χ3n) is 5.08. The topological polar surface area (TPSA) is 63.7 Å². The molecule has 0 atom stereocenters. The molecule has 154 valence electrons. The van der Waals surface area contributed by atoms with E-state index in [9.17, 15) is 18.0 Å². The molecule has 4 rings (SSSR count). The van der Waals surface area contributed by atoms with Crippen LogP contribution in [0.2, 0.25) is 0 Å². The number of carbonyl (C=O) groups is 1. The molecule has 6 nitrogen and oxygen atoms in total. The number of hydrogen-bond acceptors (Lipinski definition) is 5. The van der Waals surface area contributed by atoms with Gasteiger partial charge in [-0.05, 0) is 37.1 Å². The van der Waals surface area contributed by atoms with E-state index >= 15 is 0 Å². The third kappa shape index (κ3) is 4.55. The smallest absolute Gasteiger partial charge is 0.387 e. The first-order chi connectivity index (χ1) is 14.0. The lowest BCUT2D eigenvalue weighted by molar-refractivity contribution is -0.131. The first-order valence-electron chi connectivity index (χ1n) is 9.35. The SMILES string of the molecule is O=C(NC1CN(c2ccccn2)C1)C1CC(Oc2cc(F)ccc2OC(F)F)C1. The van der Waals surface area contributed by atoms with Crippen LogP contribution >= 0.6 is 0 Å². The molecule has 1 aromatic heterocycles. The monoisotopic (exact) mass is 407 g/mol. The van der Waals surface area contributed by atoms with Gasteiger partial charge in [-0.1, -0.05) is 6.07 Å². The zero-order valence-electron chi connectivity index (χ0n) is 15.4. The lowest BCUT2D eigenvalue weighted by atomic mass is 9.81. The predicted molar refractivity (Wildman–Crippen MR) is 98.6 cm³/mol. The molecule has 1 aliphatic carbocycles. The van der Waals surface area contributed by atoms with E-state index in [-0.39, 0.29) is 35.5 Å². The van der Waals surface area contributed by atoms with Crippen LogP contribution in [0.15, 0.2) is 42.6 Å². The molecule has 29 heavy (non-hydrogen) atoms. The lowest BCUT2D eigenvalue weighted by Crippen LogP contribution is -2.61. The molecule has 0 bridgehead atoms. The molecule has 1 aliphatic heterocycles. The van der Waals surface area contributed by atoms with Gasteiger partial charge in [0, 0.05) is 31.3 Å². The van der Waals surface area contributed by atoms with E-state index < -0.39 is 12.4 Å². The molecular weight excluding hydrogens is 387 g/mol. The number of halogens is 3. The van der Waals surface area contributed by atoms with Gasteiger partial charge in [0.05, 0.1) is 6.04 Å². The van der Waals surface area contributed by atoms with Gasteiger partial charge in [-0.15, -0.1) is 0 Å². The van der Waals surface area contributed by atoms with Crippen molar-refractivity contribution in [3.63, 3.8) is 0 Å². The fraction of sp³-hybridized carbons (Fsp3) is 0.400. The second-order valence-electron chi connectivity index (χ2n) is 7.18. The summed E-state index contributed by atoms with van der Waals surface area (Å²) in [5.41, 5.74) is 0. The number of amides is 1. The summed E-state index contributed by atoms with van der Waals surface area (Å²) in [5.74, 6) is -0.307. The van der Waals surface area contributed by atoms with Crippen molar-refractivity contribution in [3.8, 4) is 11.5 Å². The van der Waals surface area contributed by atoms with Gasteiger partial charge in [-0.3, -0.25) is 4.79 Å². The Morgan fingerprint density at radius 2 is 1.97 bits per heavy atom. The van der Waals surface area contributed by atoms with Crippen molar-refractivity contribution in [2.24, 2.45) is 5.92 Å². The minimum absolute atomic E-state index is 0.0567. The number of benzene rings is 1. The Bertz CT molecular complexity index is 857. The number of pyridine rings is 1. The number of rotatable bonds is 7. The maximum absolute atomic E-state index is 13.4. The van der Waals surface area contributed by atoms with Crippen LogP contribution in [0.25, 0.3) is 0 Å². The second-order valence-corrected chi connectivity index (χ2v) is 7.18. The number of nitrogens with zero attached hydrogens (tertiary/aromatic N) is 2. The van der Waals surface area contributed by atoms with Gasteiger partial charge in [0.15, 0.2) is 11.5 Å². The van der Waals surface area contributed by atoms with Gasteiger partial charge in [-0.2, -0.15) is 8.78 Å². The first-order valence-corrected chi connectivity index (χ1v) is 9.35. The quantitative estimate of drug-likeness (QED) is 0.765. The summed E-state index contributed by atoms with van der Waals surface area (Å²) < 4.78 is 48.3. The van der Waals surface area contributed by atoms with Crippen LogP contribution in [0.1, 0.15) is 12.8 Å². The Hall–Kier alpha value is -2.97. The summed E-state index contributed by atoms with van der Waals surface area (Å²) in [5, 5.41) is 3.00. The molecule has 2 heterocycles. The number of carbonyl (C=O) groups excluding carboxylic acids is 1. The average molecular weight is 407 g/mol. The molecule has 1 N–H and O–H groups in total. The van der Waals surface area contributed by atoms with Crippen molar-refractivity contribution in [2.75, 3.05) is 18.0 Å². The molecule has 1 saturated heterocycles. The molecule has 9 heteroatoms. The number of hydrogen-bond donors (Lipinski definition) is 1. The highest BCUT2D eigenvalue weighted by Gasteiger charge is 2.39. The zero-order valence-corrected chi connectivity index (χ0v) is 15.4. The molecule has 2 aromatic rings. The fourth-order valence-electron chi connectivity index (χ4n) is 3.44. The second kappa shape index (κ2) is 8.18. The van der Waals surface area contributed by atoms with Crippen LogP contribution in [0.5, 0.6) is 11.5 Å². The van der Waals surface area contributed by atoms with Crippen LogP contribution in [-0.2, 0) is 4.79 Å². The summed E-state index contributed by atoms with van der Waals surface area (Å²) in [7, 11) is 0. The summed E-state index contributed by atoms with van der Waals surface area (Å²) in [6.45, 7) is -1.63. The molecule has 2 aliphatic rings. The Kier molecular flexibility index (Phi) is 5.46. The van der Waals surface area contributed by atoms with Crippen molar-refractivity contribution in [2.45, 2.75) is 31.6 Å². The van der Waals surface area contributed by atoms with Crippen LogP contribution in [0, 0.1) is 11.7 Å². The van der Waals surface area contributed by atoms with E-state index in [1.807, 2.05) is 18.2 Å². The molecular formula is C20H20F3N3O3. The third-order valence-corrected chi connectivity index (χ3v) is 5.08. The maximum atomic E-state index is 13.4. The van der Waals surface area contributed by atoms with Crippen molar-refractivity contribution in [1.82, 2.24) is 10.3 Å². The minimum atomic E-state index is -3.03. The van der Waals surface area contributed by atoms with Gasteiger partial charge in [0.25, 0.3) is 0 Å².